The maximum atomic E-state index is 12.6. The predicted molar refractivity (Wildman–Crippen MR) is 298 cm³/mol. The Morgan fingerprint density at radius 2 is 0.588 bits per heavy atom. The number of carbonyl (C=O) groups is 1. The van der Waals surface area contributed by atoms with Crippen molar-refractivity contribution in [3.8, 4) is 0 Å². The number of unbranched alkanes of at least 4 members (excludes halogenated alkanes) is 47. The van der Waals surface area contributed by atoms with Crippen molar-refractivity contribution in [1.82, 2.24) is 5.32 Å². The van der Waals surface area contributed by atoms with E-state index in [1.165, 1.54) is 283 Å². The molecule has 0 saturated heterocycles. The summed E-state index contributed by atoms with van der Waals surface area (Å²) in [5, 5.41) is 44.0. The minimum atomic E-state index is -1.26. The molecule has 4 unspecified atom stereocenters. The smallest absolute Gasteiger partial charge is 0.249 e. The van der Waals surface area contributed by atoms with E-state index in [0.29, 0.717) is 12.8 Å². The quantitative estimate of drug-likeness (QED) is 0.0308. The van der Waals surface area contributed by atoms with E-state index < -0.39 is 36.9 Å². The van der Waals surface area contributed by atoms with Gasteiger partial charge in [-0.2, -0.15) is 0 Å². The fourth-order valence-corrected chi connectivity index (χ4v) is 10.1. The molecular weight excluding hydrogens is 839 g/mol. The van der Waals surface area contributed by atoms with Crippen molar-refractivity contribution < 1.29 is 25.2 Å². The van der Waals surface area contributed by atoms with Crippen molar-refractivity contribution in [3.63, 3.8) is 0 Å². The van der Waals surface area contributed by atoms with Crippen molar-refractivity contribution in [2.24, 2.45) is 0 Å². The molecule has 6 nitrogen and oxygen atoms in total. The SMILES string of the molecule is CCCCCCCCCCCCCCCCCC/C=C\CCCCCCCCCCCCCCCCCCC(O)C(=O)NC(CO)C(O)C(O)CCCCCCCCCCCCCCCCCC. The predicted octanol–water partition coefficient (Wildman–Crippen LogP) is 18.4. The second kappa shape index (κ2) is 57.0. The van der Waals surface area contributed by atoms with Gasteiger partial charge in [0.25, 0.3) is 0 Å². The third kappa shape index (κ3) is 50.0. The van der Waals surface area contributed by atoms with Crippen LogP contribution in [-0.2, 0) is 4.79 Å². The van der Waals surface area contributed by atoms with Crippen LogP contribution in [0.25, 0.3) is 0 Å². The fraction of sp³-hybridized carbons (Fsp3) is 0.952. The summed E-state index contributed by atoms with van der Waals surface area (Å²) in [6, 6.07) is -0.982. The van der Waals surface area contributed by atoms with E-state index in [1.807, 2.05) is 0 Å². The first-order valence-corrected chi connectivity index (χ1v) is 31.1. The Morgan fingerprint density at radius 3 is 0.853 bits per heavy atom. The van der Waals surface area contributed by atoms with Crippen molar-refractivity contribution in [3.05, 3.63) is 12.2 Å². The Balaban J connectivity index is 3.51. The molecule has 68 heavy (non-hydrogen) atoms. The topological polar surface area (TPSA) is 110 Å². The molecule has 0 aliphatic rings. The summed E-state index contributed by atoms with van der Waals surface area (Å²) in [6.07, 6.45) is 68.8. The summed E-state index contributed by atoms with van der Waals surface area (Å²) in [4.78, 5) is 12.6. The fourth-order valence-electron chi connectivity index (χ4n) is 10.1. The number of allylic oxidation sites excluding steroid dienone is 2. The number of amides is 1. The Morgan fingerprint density at radius 1 is 0.353 bits per heavy atom. The average Bonchev–Trinajstić information content (AvgIpc) is 3.34. The van der Waals surface area contributed by atoms with E-state index in [-0.39, 0.29) is 0 Å². The van der Waals surface area contributed by atoms with E-state index in [2.05, 4.69) is 31.3 Å². The lowest BCUT2D eigenvalue weighted by atomic mass is 9.99. The first-order valence-electron chi connectivity index (χ1n) is 31.1. The Kier molecular flexibility index (Phi) is 56.2. The first kappa shape index (κ1) is 67.0. The lowest BCUT2D eigenvalue weighted by Gasteiger charge is -2.27. The molecule has 0 radical (unpaired) electrons. The van der Waals surface area contributed by atoms with Gasteiger partial charge in [-0.05, 0) is 38.5 Å². The van der Waals surface area contributed by atoms with Crippen LogP contribution in [0.5, 0.6) is 0 Å². The third-order valence-corrected chi connectivity index (χ3v) is 15.0. The van der Waals surface area contributed by atoms with Gasteiger partial charge in [0.05, 0.1) is 18.8 Å². The highest BCUT2D eigenvalue weighted by Gasteiger charge is 2.28. The zero-order valence-corrected chi connectivity index (χ0v) is 46.1. The molecule has 0 aromatic carbocycles. The summed E-state index contributed by atoms with van der Waals surface area (Å²) >= 11 is 0. The lowest BCUT2D eigenvalue weighted by Crippen LogP contribution is -2.53. The highest BCUT2D eigenvalue weighted by Crippen LogP contribution is 2.19. The molecule has 0 spiro atoms. The Hall–Kier alpha value is -0.950. The summed E-state index contributed by atoms with van der Waals surface area (Å²) in [6.45, 7) is 4.09. The Bertz CT molecular complexity index is 990. The van der Waals surface area contributed by atoms with Crippen molar-refractivity contribution in [2.45, 2.75) is 372 Å². The number of hydrogen-bond donors (Lipinski definition) is 5. The molecule has 0 bridgehead atoms. The largest absolute Gasteiger partial charge is 0.394 e. The van der Waals surface area contributed by atoms with Gasteiger partial charge in [-0.3, -0.25) is 4.79 Å². The monoisotopic (exact) mass is 962 g/mol. The van der Waals surface area contributed by atoms with E-state index in [0.717, 1.165) is 38.5 Å². The van der Waals surface area contributed by atoms with E-state index >= 15 is 0 Å². The molecule has 0 aromatic heterocycles. The molecule has 0 aliphatic heterocycles. The molecule has 4 atom stereocenters. The summed E-state index contributed by atoms with van der Waals surface area (Å²) in [5.41, 5.74) is 0. The number of aliphatic hydroxyl groups excluding tert-OH is 4. The van der Waals surface area contributed by atoms with Gasteiger partial charge in [-0.1, -0.05) is 321 Å². The number of rotatable bonds is 58. The zero-order valence-electron chi connectivity index (χ0n) is 46.1. The summed E-state index contributed by atoms with van der Waals surface area (Å²) in [5.74, 6) is -0.577. The van der Waals surface area contributed by atoms with Gasteiger partial charge in [0.15, 0.2) is 0 Å². The molecule has 0 rings (SSSR count). The molecule has 5 N–H and O–H groups in total. The molecule has 0 heterocycles. The third-order valence-electron chi connectivity index (χ3n) is 15.0. The minimum Gasteiger partial charge on any atom is -0.394 e. The van der Waals surface area contributed by atoms with Gasteiger partial charge in [0.1, 0.15) is 12.2 Å². The molecule has 1 amide bonds. The summed E-state index contributed by atoms with van der Waals surface area (Å²) < 4.78 is 0. The molecule has 0 fully saturated rings. The van der Waals surface area contributed by atoms with Crippen molar-refractivity contribution >= 4 is 5.91 Å². The standard InChI is InChI=1S/C62H123NO5/c1-3-5-7-9-11-13-15-17-19-21-22-23-24-25-26-27-28-29-30-31-32-33-34-35-36-37-38-39-40-42-44-46-48-50-52-54-56-60(66)62(68)63-58(57-64)61(67)59(65)55-53-51-49-47-45-43-41-20-18-16-14-12-10-8-6-4-2/h29-30,58-61,64-67H,3-28,31-57H2,1-2H3,(H,63,68)/b30-29-. The zero-order chi connectivity index (χ0) is 49.5. The number of carbonyl (C=O) groups excluding carboxylic acids is 1. The van der Waals surface area contributed by atoms with Crippen molar-refractivity contribution in [1.29, 1.82) is 0 Å². The second-order valence-corrected chi connectivity index (χ2v) is 21.8. The van der Waals surface area contributed by atoms with Crippen LogP contribution in [0.1, 0.15) is 348 Å². The van der Waals surface area contributed by atoms with Crippen LogP contribution in [0.3, 0.4) is 0 Å². The van der Waals surface area contributed by atoms with Gasteiger partial charge in [0, 0.05) is 0 Å². The Labute approximate surface area is 425 Å². The highest BCUT2D eigenvalue weighted by atomic mass is 16.3. The number of aliphatic hydroxyl groups is 4. The second-order valence-electron chi connectivity index (χ2n) is 21.8. The van der Waals surface area contributed by atoms with E-state index in [1.54, 1.807) is 0 Å². The molecule has 6 heteroatoms. The molecular formula is C62H123NO5. The maximum Gasteiger partial charge on any atom is 0.249 e. The van der Waals surface area contributed by atoms with Crippen LogP contribution in [-0.4, -0.2) is 57.3 Å². The van der Waals surface area contributed by atoms with Gasteiger partial charge in [-0.15, -0.1) is 0 Å². The first-order chi connectivity index (χ1) is 33.5. The van der Waals surface area contributed by atoms with Gasteiger partial charge < -0.3 is 25.7 Å². The van der Waals surface area contributed by atoms with Crippen LogP contribution in [0, 0.1) is 0 Å². The van der Waals surface area contributed by atoms with E-state index in [4.69, 9.17) is 0 Å². The number of hydrogen-bond acceptors (Lipinski definition) is 5. The van der Waals surface area contributed by atoms with Crippen LogP contribution >= 0.6 is 0 Å². The average molecular weight is 963 g/mol. The maximum absolute atomic E-state index is 12.6. The summed E-state index contributed by atoms with van der Waals surface area (Å²) in [7, 11) is 0. The van der Waals surface area contributed by atoms with E-state index in [9.17, 15) is 25.2 Å². The lowest BCUT2D eigenvalue weighted by molar-refractivity contribution is -0.132. The molecule has 0 aliphatic carbocycles. The molecule has 406 valence electrons. The van der Waals surface area contributed by atoms with Crippen LogP contribution in [0.15, 0.2) is 12.2 Å². The van der Waals surface area contributed by atoms with Crippen LogP contribution in [0.4, 0.5) is 0 Å². The number of nitrogens with one attached hydrogen (secondary N) is 1. The van der Waals surface area contributed by atoms with Crippen LogP contribution in [0.2, 0.25) is 0 Å². The normalized spacial score (nSPS) is 13.7. The highest BCUT2D eigenvalue weighted by molar-refractivity contribution is 5.80. The molecule has 0 saturated carbocycles. The van der Waals surface area contributed by atoms with Gasteiger partial charge in [0.2, 0.25) is 5.91 Å². The van der Waals surface area contributed by atoms with Gasteiger partial charge in [-0.25, -0.2) is 0 Å². The molecule has 0 aromatic rings. The minimum absolute atomic E-state index is 0.374. The van der Waals surface area contributed by atoms with Gasteiger partial charge >= 0.3 is 0 Å². The van der Waals surface area contributed by atoms with Crippen LogP contribution < -0.4 is 5.32 Å². The van der Waals surface area contributed by atoms with Crippen molar-refractivity contribution in [2.75, 3.05) is 6.61 Å².